The fraction of sp³-hybridized carbons (Fsp3) is 0.371. The third-order valence-electron chi connectivity index (χ3n) is 6.88. The first-order valence-corrected chi connectivity index (χ1v) is 14.8. The molecular weight excluding hydrogens is 564 g/mol. The predicted octanol–water partition coefficient (Wildman–Crippen LogP) is 4.76. The maximum absolute atomic E-state index is 13.9. The summed E-state index contributed by atoms with van der Waals surface area (Å²) in [5.74, 6) is 3.23. The summed E-state index contributed by atoms with van der Waals surface area (Å²) in [5, 5.41) is 12.2. The summed E-state index contributed by atoms with van der Waals surface area (Å²) in [6, 6.07) is 14.8. The number of carbonyl (C=O) groups is 2. The van der Waals surface area contributed by atoms with Gasteiger partial charge in [0.2, 0.25) is 0 Å². The normalized spacial score (nSPS) is 12.2. The van der Waals surface area contributed by atoms with Crippen molar-refractivity contribution >= 4 is 11.9 Å². The van der Waals surface area contributed by atoms with E-state index in [0.29, 0.717) is 30.8 Å². The van der Waals surface area contributed by atoms with Crippen molar-refractivity contribution in [1.29, 1.82) is 0 Å². The van der Waals surface area contributed by atoms with Crippen LogP contribution < -0.4 is 11.1 Å². The van der Waals surface area contributed by atoms with E-state index >= 15 is 0 Å². The second kappa shape index (κ2) is 17.3. The Kier molecular flexibility index (Phi) is 13.5. The molecule has 0 aliphatic rings. The monoisotopic (exact) mass is 605 g/mol. The summed E-state index contributed by atoms with van der Waals surface area (Å²) >= 11 is 0. The van der Waals surface area contributed by atoms with Crippen molar-refractivity contribution in [3.63, 3.8) is 0 Å². The molecule has 0 aliphatic carbocycles. The number of ether oxygens (including phenoxy) is 1. The van der Waals surface area contributed by atoms with Gasteiger partial charge in [-0.05, 0) is 85.3 Å². The van der Waals surface area contributed by atoms with E-state index in [-0.39, 0.29) is 31.0 Å². The number of halogens is 2. The molecule has 234 valence electrons. The standard InChI is InChI=1S/C35H41F2N3O4/c1-4-11-40(12-5-2)34(42)28-14-24(3)15-29(20-28)35(43)44-33(32(38)19-27-17-30(36)21-31(37)18-27)23-39-22-26-9-6-8-25(16-26)10-7-13-41/h6,8-9,14-18,20-21,32-33,39,41H,4-5,11-13,19,22-23,38H2,1-3H3. The average Bonchev–Trinajstić information content (AvgIpc) is 2.98. The van der Waals surface area contributed by atoms with Crippen molar-refractivity contribution in [2.24, 2.45) is 5.73 Å². The molecule has 9 heteroatoms. The largest absolute Gasteiger partial charge is 0.456 e. The van der Waals surface area contributed by atoms with Crippen LogP contribution in [0.5, 0.6) is 0 Å². The average molecular weight is 606 g/mol. The second-order valence-electron chi connectivity index (χ2n) is 10.8. The maximum Gasteiger partial charge on any atom is 0.338 e. The first kappa shape index (κ1) is 34.4. The van der Waals surface area contributed by atoms with Crippen molar-refractivity contribution in [3.05, 3.63) is 106 Å². The molecule has 1 amide bonds. The van der Waals surface area contributed by atoms with Gasteiger partial charge in [-0.1, -0.05) is 37.8 Å². The molecule has 3 rings (SSSR count). The Labute approximate surface area is 258 Å². The van der Waals surface area contributed by atoms with Crippen molar-refractivity contribution in [1.82, 2.24) is 10.2 Å². The van der Waals surface area contributed by atoms with E-state index in [0.717, 1.165) is 35.6 Å². The summed E-state index contributed by atoms with van der Waals surface area (Å²) in [6.07, 6.45) is 0.812. The van der Waals surface area contributed by atoms with Gasteiger partial charge >= 0.3 is 5.97 Å². The topological polar surface area (TPSA) is 105 Å². The molecule has 0 aliphatic heterocycles. The number of nitrogens with two attached hydrogens (primary N) is 1. The number of amides is 1. The Morgan fingerprint density at radius 1 is 0.977 bits per heavy atom. The molecule has 44 heavy (non-hydrogen) atoms. The first-order valence-electron chi connectivity index (χ1n) is 14.8. The molecule has 0 spiro atoms. The molecule has 7 nitrogen and oxygen atoms in total. The van der Waals surface area contributed by atoms with Crippen LogP contribution in [0.15, 0.2) is 60.7 Å². The molecule has 2 atom stereocenters. The van der Waals surface area contributed by atoms with E-state index < -0.39 is 29.7 Å². The van der Waals surface area contributed by atoms with E-state index in [1.54, 1.807) is 24.0 Å². The molecule has 3 aromatic rings. The van der Waals surface area contributed by atoms with E-state index in [4.69, 9.17) is 15.6 Å². The molecular formula is C35H41F2N3O4. The summed E-state index contributed by atoms with van der Waals surface area (Å²) < 4.78 is 33.6. The van der Waals surface area contributed by atoms with Gasteiger partial charge in [0, 0.05) is 49.4 Å². The van der Waals surface area contributed by atoms with Crippen molar-refractivity contribution < 1.29 is 28.2 Å². The van der Waals surface area contributed by atoms with Crippen molar-refractivity contribution in [3.8, 4) is 11.8 Å². The van der Waals surface area contributed by atoms with Gasteiger partial charge in [0.05, 0.1) is 5.56 Å². The number of nitrogens with zero attached hydrogens (tertiary/aromatic N) is 1. The van der Waals surface area contributed by atoms with Gasteiger partial charge in [0.1, 0.15) is 24.3 Å². The first-order chi connectivity index (χ1) is 21.1. The van der Waals surface area contributed by atoms with Gasteiger partial charge in [0.25, 0.3) is 5.91 Å². The number of nitrogens with one attached hydrogen (secondary N) is 1. The van der Waals surface area contributed by atoms with Crippen molar-refractivity contribution in [2.45, 2.75) is 58.7 Å². The van der Waals surface area contributed by atoms with Crippen LogP contribution in [0.3, 0.4) is 0 Å². The van der Waals surface area contributed by atoms with Crippen LogP contribution in [0.1, 0.15) is 69.7 Å². The highest BCUT2D eigenvalue weighted by molar-refractivity contribution is 5.98. The lowest BCUT2D eigenvalue weighted by Gasteiger charge is -2.25. The van der Waals surface area contributed by atoms with Crippen LogP contribution in [0, 0.1) is 30.4 Å². The molecule has 0 fully saturated rings. The molecule has 0 heterocycles. The number of esters is 1. The third-order valence-corrected chi connectivity index (χ3v) is 6.88. The van der Waals surface area contributed by atoms with E-state index in [9.17, 15) is 18.4 Å². The highest BCUT2D eigenvalue weighted by atomic mass is 19.1. The molecule has 2 unspecified atom stereocenters. The van der Waals surface area contributed by atoms with Crippen LogP contribution >= 0.6 is 0 Å². The zero-order valence-corrected chi connectivity index (χ0v) is 25.5. The number of hydrogen-bond acceptors (Lipinski definition) is 6. The Bertz CT molecular complexity index is 1460. The van der Waals surface area contributed by atoms with Crippen molar-refractivity contribution in [2.75, 3.05) is 26.2 Å². The third kappa shape index (κ3) is 10.6. The number of aliphatic hydroxyl groups excluding tert-OH is 1. The summed E-state index contributed by atoms with van der Waals surface area (Å²) in [6.45, 7) is 7.35. The predicted molar refractivity (Wildman–Crippen MR) is 167 cm³/mol. The highest BCUT2D eigenvalue weighted by Crippen LogP contribution is 2.17. The van der Waals surface area contributed by atoms with E-state index in [1.165, 1.54) is 18.2 Å². The molecule has 4 N–H and O–H groups in total. The molecule has 0 saturated carbocycles. The minimum Gasteiger partial charge on any atom is -0.456 e. The molecule has 0 radical (unpaired) electrons. The Hall–Kier alpha value is -4.10. The number of hydrogen-bond donors (Lipinski definition) is 3. The summed E-state index contributed by atoms with van der Waals surface area (Å²) in [4.78, 5) is 28.5. The molecule has 3 aromatic carbocycles. The number of benzene rings is 3. The lowest BCUT2D eigenvalue weighted by molar-refractivity contribution is 0.0238. The number of aryl methyl sites for hydroxylation is 1. The smallest absolute Gasteiger partial charge is 0.338 e. The fourth-order valence-electron chi connectivity index (χ4n) is 4.94. The fourth-order valence-corrected chi connectivity index (χ4v) is 4.94. The quantitative estimate of drug-likeness (QED) is 0.181. The summed E-state index contributed by atoms with van der Waals surface area (Å²) in [5.41, 5.74) is 9.82. The second-order valence-corrected chi connectivity index (χ2v) is 10.8. The molecule has 0 saturated heterocycles. The van der Waals surface area contributed by atoms with Crippen LogP contribution in [0.4, 0.5) is 8.78 Å². The minimum absolute atomic E-state index is 0.0566. The highest BCUT2D eigenvalue weighted by Gasteiger charge is 2.25. The number of aliphatic hydroxyl groups is 1. The number of rotatable bonds is 14. The van der Waals surface area contributed by atoms with Crippen LogP contribution in [-0.4, -0.2) is 60.3 Å². The maximum atomic E-state index is 13.9. The SMILES string of the molecule is CCCN(CCC)C(=O)c1cc(C)cc(C(=O)OC(CNCc2cccc(C#CCO)c2)C(N)Cc2cc(F)cc(F)c2)c1. The van der Waals surface area contributed by atoms with Crippen LogP contribution in [0.2, 0.25) is 0 Å². The van der Waals surface area contributed by atoms with Crippen LogP contribution in [0.25, 0.3) is 0 Å². The van der Waals surface area contributed by atoms with Gasteiger partial charge in [0.15, 0.2) is 0 Å². The Balaban J connectivity index is 1.81. The molecule has 0 aromatic heterocycles. The lowest BCUT2D eigenvalue weighted by atomic mass is 10.0. The Morgan fingerprint density at radius 2 is 1.66 bits per heavy atom. The number of carbonyl (C=O) groups excluding carboxylic acids is 2. The van der Waals surface area contributed by atoms with E-state index in [1.807, 2.05) is 38.1 Å². The van der Waals surface area contributed by atoms with Gasteiger partial charge in [-0.3, -0.25) is 4.79 Å². The van der Waals surface area contributed by atoms with Crippen LogP contribution in [-0.2, 0) is 17.7 Å². The summed E-state index contributed by atoms with van der Waals surface area (Å²) in [7, 11) is 0. The zero-order valence-electron chi connectivity index (χ0n) is 25.5. The van der Waals surface area contributed by atoms with Gasteiger partial charge < -0.3 is 25.8 Å². The molecule has 0 bridgehead atoms. The van der Waals surface area contributed by atoms with Gasteiger partial charge in [-0.25, -0.2) is 13.6 Å². The van der Waals surface area contributed by atoms with E-state index in [2.05, 4.69) is 17.2 Å². The van der Waals surface area contributed by atoms with Gasteiger partial charge in [-0.15, -0.1) is 0 Å². The Morgan fingerprint density at radius 3 is 2.32 bits per heavy atom. The minimum atomic E-state index is -0.873. The zero-order chi connectivity index (χ0) is 32.1. The lowest BCUT2D eigenvalue weighted by Crippen LogP contribution is -2.46. The van der Waals surface area contributed by atoms with Gasteiger partial charge in [-0.2, -0.15) is 0 Å².